The number of nitrogens with zero attached hydrogens (tertiary/aromatic N) is 9. The van der Waals surface area contributed by atoms with Gasteiger partial charge in [0.25, 0.3) is 0 Å². The zero-order valence-corrected chi connectivity index (χ0v) is 15.1. The summed E-state index contributed by atoms with van der Waals surface area (Å²) in [6, 6.07) is 0. The van der Waals surface area contributed by atoms with Gasteiger partial charge in [-0.2, -0.15) is 10.2 Å². The van der Waals surface area contributed by atoms with Crippen LogP contribution in [0.5, 0.6) is 0 Å². The van der Waals surface area contributed by atoms with Gasteiger partial charge in [-0.15, -0.1) is 16.4 Å². The number of aromatic nitrogens is 9. The number of thiophene rings is 1. The molecule has 26 heavy (non-hydrogen) atoms. The Bertz CT molecular complexity index is 1230. The van der Waals surface area contributed by atoms with E-state index < -0.39 is 0 Å². The SMILES string of the molecule is CCn1cc2scc(Cn3nnc4ncc(-c5cnn(C)c5)nc43)c2n1. The number of hydrogen-bond acceptors (Lipinski definition) is 7. The summed E-state index contributed by atoms with van der Waals surface area (Å²) in [5.74, 6) is 0. The lowest BCUT2D eigenvalue weighted by Crippen LogP contribution is -2.03. The fourth-order valence-electron chi connectivity index (χ4n) is 2.89. The summed E-state index contributed by atoms with van der Waals surface area (Å²) >= 11 is 1.69. The topological polar surface area (TPSA) is 92.1 Å². The van der Waals surface area contributed by atoms with Gasteiger partial charge in [-0.05, 0) is 12.3 Å². The second kappa shape index (κ2) is 5.70. The summed E-state index contributed by atoms with van der Waals surface area (Å²) in [6.45, 7) is 3.49. The molecule has 0 saturated heterocycles. The minimum Gasteiger partial charge on any atom is -0.275 e. The van der Waals surface area contributed by atoms with Gasteiger partial charge in [0.2, 0.25) is 5.65 Å². The zero-order valence-electron chi connectivity index (χ0n) is 14.2. The predicted octanol–water partition coefficient (Wildman–Crippen LogP) is 2.10. The highest BCUT2D eigenvalue weighted by molar-refractivity contribution is 7.17. The fourth-order valence-corrected chi connectivity index (χ4v) is 3.81. The molecule has 0 amide bonds. The molecule has 0 aliphatic carbocycles. The van der Waals surface area contributed by atoms with Gasteiger partial charge in [0.15, 0.2) is 5.65 Å². The van der Waals surface area contributed by atoms with Crippen LogP contribution in [0.2, 0.25) is 0 Å². The van der Waals surface area contributed by atoms with Crippen LogP contribution in [0.4, 0.5) is 0 Å². The van der Waals surface area contributed by atoms with E-state index in [0.717, 1.165) is 28.9 Å². The van der Waals surface area contributed by atoms with Crippen LogP contribution >= 0.6 is 11.3 Å². The molecule has 5 heterocycles. The molecular formula is C16H15N9S. The van der Waals surface area contributed by atoms with Crippen molar-refractivity contribution in [2.24, 2.45) is 7.05 Å². The molecule has 0 aliphatic rings. The largest absolute Gasteiger partial charge is 0.275 e. The van der Waals surface area contributed by atoms with Crippen molar-refractivity contribution in [1.82, 2.24) is 44.5 Å². The number of fused-ring (bicyclic) bond motifs is 2. The molecule has 0 N–H and O–H groups in total. The molecule has 5 aromatic rings. The van der Waals surface area contributed by atoms with E-state index in [-0.39, 0.29) is 0 Å². The van der Waals surface area contributed by atoms with Crippen LogP contribution in [0.15, 0.2) is 30.2 Å². The second-order valence-corrected chi connectivity index (χ2v) is 6.92. The van der Waals surface area contributed by atoms with Crippen molar-refractivity contribution in [3.63, 3.8) is 0 Å². The van der Waals surface area contributed by atoms with Crippen LogP contribution in [0.25, 0.3) is 32.8 Å². The molecule has 0 bridgehead atoms. The molecule has 0 radical (unpaired) electrons. The van der Waals surface area contributed by atoms with Crippen LogP contribution in [-0.2, 0) is 20.1 Å². The van der Waals surface area contributed by atoms with E-state index in [0.29, 0.717) is 17.8 Å². The predicted molar refractivity (Wildman–Crippen MR) is 97.7 cm³/mol. The lowest BCUT2D eigenvalue weighted by Gasteiger charge is -2.01. The van der Waals surface area contributed by atoms with Gasteiger partial charge in [0.1, 0.15) is 5.52 Å². The number of aryl methyl sites for hydroxylation is 2. The van der Waals surface area contributed by atoms with Crippen molar-refractivity contribution >= 4 is 32.8 Å². The molecular weight excluding hydrogens is 350 g/mol. The van der Waals surface area contributed by atoms with Crippen molar-refractivity contribution in [3.8, 4) is 11.3 Å². The Balaban J connectivity index is 1.56. The molecule has 5 aromatic heterocycles. The molecule has 130 valence electrons. The van der Waals surface area contributed by atoms with Crippen molar-refractivity contribution in [1.29, 1.82) is 0 Å². The molecule has 10 heteroatoms. The molecule has 0 unspecified atom stereocenters. The molecule has 0 aliphatic heterocycles. The quantitative estimate of drug-likeness (QED) is 0.484. The highest BCUT2D eigenvalue weighted by Gasteiger charge is 2.14. The maximum absolute atomic E-state index is 4.70. The Labute approximate surface area is 151 Å². The smallest absolute Gasteiger partial charge is 0.221 e. The van der Waals surface area contributed by atoms with Gasteiger partial charge >= 0.3 is 0 Å². The molecule has 0 fully saturated rings. The van der Waals surface area contributed by atoms with Crippen LogP contribution in [0, 0.1) is 0 Å². The maximum atomic E-state index is 4.70. The lowest BCUT2D eigenvalue weighted by molar-refractivity contribution is 0.655. The average molecular weight is 365 g/mol. The monoisotopic (exact) mass is 365 g/mol. The van der Waals surface area contributed by atoms with Gasteiger partial charge in [0.05, 0.1) is 29.3 Å². The molecule has 0 atom stereocenters. The van der Waals surface area contributed by atoms with E-state index >= 15 is 0 Å². The van der Waals surface area contributed by atoms with Crippen molar-refractivity contribution in [2.45, 2.75) is 20.0 Å². The van der Waals surface area contributed by atoms with Crippen LogP contribution in [0.1, 0.15) is 12.5 Å². The van der Waals surface area contributed by atoms with E-state index in [1.807, 2.05) is 17.9 Å². The first kappa shape index (κ1) is 15.1. The summed E-state index contributed by atoms with van der Waals surface area (Å²) in [4.78, 5) is 9.09. The Morgan fingerprint density at radius 2 is 2.12 bits per heavy atom. The molecule has 5 rings (SSSR count). The van der Waals surface area contributed by atoms with E-state index in [1.54, 1.807) is 33.1 Å². The van der Waals surface area contributed by atoms with Crippen LogP contribution in [0.3, 0.4) is 0 Å². The van der Waals surface area contributed by atoms with Crippen LogP contribution < -0.4 is 0 Å². The third-order valence-electron chi connectivity index (χ3n) is 4.23. The third-order valence-corrected chi connectivity index (χ3v) is 5.19. The van der Waals surface area contributed by atoms with Gasteiger partial charge in [-0.3, -0.25) is 9.36 Å². The fraction of sp³-hybridized carbons (Fsp3) is 0.250. The Morgan fingerprint density at radius 3 is 2.92 bits per heavy atom. The summed E-state index contributed by atoms with van der Waals surface area (Å²) in [7, 11) is 1.87. The van der Waals surface area contributed by atoms with Crippen molar-refractivity contribution in [3.05, 3.63) is 35.7 Å². The van der Waals surface area contributed by atoms with Crippen LogP contribution in [-0.4, -0.2) is 44.5 Å². The summed E-state index contributed by atoms with van der Waals surface area (Å²) in [6.07, 6.45) is 7.45. The number of rotatable bonds is 4. The third kappa shape index (κ3) is 2.37. The van der Waals surface area contributed by atoms with Gasteiger partial charge < -0.3 is 0 Å². The van der Waals surface area contributed by atoms with E-state index in [2.05, 4.69) is 44.0 Å². The van der Waals surface area contributed by atoms with E-state index in [1.165, 1.54) is 4.70 Å². The van der Waals surface area contributed by atoms with Gasteiger partial charge in [-0.1, -0.05) is 5.21 Å². The molecule has 0 saturated carbocycles. The highest BCUT2D eigenvalue weighted by atomic mass is 32.1. The summed E-state index contributed by atoms with van der Waals surface area (Å²) in [5, 5.41) is 19.3. The second-order valence-electron chi connectivity index (χ2n) is 6.01. The Hall–Kier alpha value is -3.14. The summed E-state index contributed by atoms with van der Waals surface area (Å²) < 4.78 is 6.63. The van der Waals surface area contributed by atoms with Crippen molar-refractivity contribution in [2.75, 3.05) is 0 Å². The normalized spacial score (nSPS) is 11.8. The Morgan fingerprint density at radius 1 is 1.19 bits per heavy atom. The van der Waals surface area contributed by atoms with Gasteiger partial charge in [0, 0.05) is 37.1 Å². The zero-order chi connectivity index (χ0) is 17.7. The molecule has 0 aromatic carbocycles. The van der Waals surface area contributed by atoms with Gasteiger partial charge in [-0.25, -0.2) is 14.6 Å². The minimum atomic E-state index is 0.531. The highest BCUT2D eigenvalue weighted by Crippen LogP contribution is 2.26. The number of hydrogen-bond donors (Lipinski definition) is 0. The summed E-state index contributed by atoms with van der Waals surface area (Å²) in [5.41, 5.74) is 4.97. The first-order chi connectivity index (χ1) is 12.7. The van der Waals surface area contributed by atoms with E-state index in [9.17, 15) is 0 Å². The van der Waals surface area contributed by atoms with Crippen molar-refractivity contribution < 1.29 is 0 Å². The maximum Gasteiger partial charge on any atom is 0.221 e. The molecule has 0 spiro atoms. The molecule has 9 nitrogen and oxygen atoms in total. The Kier molecular flexibility index (Phi) is 3.32. The average Bonchev–Trinajstić information content (AvgIpc) is 3.40. The van der Waals surface area contributed by atoms with E-state index in [4.69, 9.17) is 4.98 Å². The minimum absolute atomic E-state index is 0.531. The lowest BCUT2D eigenvalue weighted by atomic mass is 10.3. The first-order valence-corrected chi connectivity index (χ1v) is 9.08. The standard InChI is InChI=1S/C16H15N9S/c1-3-24-8-13-14(21-24)11(9-26-13)7-25-16-15(20-22-25)17-5-12(19-16)10-4-18-23(2)6-10/h4-6,8-9H,3,7H2,1-2H3. The first-order valence-electron chi connectivity index (χ1n) is 8.20.